The summed E-state index contributed by atoms with van der Waals surface area (Å²) in [6.07, 6.45) is 2.27. The van der Waals surface area contributed by atoms with E-state index in [-0.39, 0.29) is 11.9 Å². The van der Waals surface area contributed by atoms with Crippen LogP contribution in [0, 0.1) is 12.8 Å². The van der Waals surface area contributed by atoms with Crippen molar-refractivity contribution >= 4 is 22.8 Å². The van der Waals surface area contributed by atoms with E-state index in [1.54, 1.807) is 11.8 Å². The topological polar surface area (TPSA) is 73.4 Å². The number of benzene rings is 1. The monoisotopic (exact) mass is 314 g/mol. The summed E-state index contributed by atoms with van der Waals surface area (Å²) in [6, 6.07) is 8.17. The summed E-state index contributed by atoms with van der Waals surface area (Å²) in [6.45, 7) is 3.92. The van der Waals surface area contributed by atoms with Crippen molar-refractivity contribution in [1.82, 2.24) is 9.88 Å². The minimum Gasteiger partial charge on any atom is -0.481 e. The molecule has 122 valence electrons. The molecule has 1 aliphatic carbocycles. The lowest BCUT2D eigenvalue weighted by Crippen LogP contribution is -2.39. The van der Waals surface area contributed by atoms with E-state index in [9.17, 15) is 9.59 Å². The van der Waals surface area contributed by atoms with Gasteiger partial charge in [0, 0.05) is 29.2 Å². The van der Waals surface area contributed by atoms with Crippen molar-refractivity contribution < 1.29 is 14.7 Å². The van der Waals surface area contributed by atoms with Gasteiger partial charge in [-0.2, -0.15) is 0 Å². The summed E-state index contributed by atoms with van der Waals surface area (Å²) in [5.41, 5.74) is 3.05. The quantitative estimate of drug-likeness (QED) is 0.861. The highest BCUT2D eigenvalue weighted by atomic mass is 16.4. The van der Waals surface area contributed by atoms with Crippen LogP contribution >= 0.6 is 0 Å². The summed E-state index contributed by atoms with van der Waals surface area (Å²) in [7, 11) is 0. The first-order valence-electron chi connectivity index (χ1n) is 8.06. The van der Waals surface area contributed by atoms with Gasteiger partial charge in [0.2, 0.25) is 5.91 Å². The van der Waals surface area contributed by atoms with Crippen molar-refractivity contribution in [3.63, 3.8) is 0 Å². The van der Waals surface area contributed by atoms with Crippen LogP contribution in [0.25, 0.3) is 10.9 Å². The Morgan fingerprint density at radius 1 is 1.35 bits per heavy atom. The number of para-hydroxylation sites is 1. The number of carboxylic acids is 1. The van der Waals surface area contributed by atoms with Gasteiger partial charge in [0.05, 0.1) is 12.3 Å². The Bertz CT molecular complexity index is 746. The average Bonchev–Trinajstić information content (AvgIpc) is 3.30. The Morgan fingerprint density at radius 3 is 2.70 bits per heavy atom. The van der Waals surface area contributed by atoms with E-state index in [1.807, 2.05) is 31.2 Å². The maximum Gasteiger partial charge on any atom is 0.308 e. The molecule has 1 aromatic heterocycles. The smallest absolute Gasteiger partial charge is 0.308 e. The highest BCUT2D eigenvalue weighted by Gasteiger charge is 2.34. The molecule has 1 aliphatic rings. The van der Waals surface area contributed by atoms with Crippen molar-refractivity contribution in [3.05, 3.63) is 35.5 Å². The lowest BCUT2D eigenvalue weighted by atomic mass is 10.1. The molecule has 1 fully saturated rings. The number of H-pyrrole nitrogens is 1. The van der Waals surface area contributed by atoms with Crippen molar-refractivity contribution in [2.24, 2.45) is 5.92 Å². The molecule has 3 rings (SSSR count). The van der Waals surface area contributed by atoms with E-state index < -0.39 is 11.9 Å². The molecule has 1 aromatic carbocycles. The van der Waals surface area contributed by atoms with Crippen LogP contribution < -0.4 is 0 Å². The third-order valence-corrected chi connectivity index (χ3v) is 4.56. The second-order valence-electron chi connectivity index (χ2n) is 6.47. The van der Waals surface area contributed by atoms with Crippen molar-refractivity contribution in [2.45, 2.75) is 39.2 Å². The molecule has 1 saturated carbocycles. The Kier molecular flexibility index (Phi) is 4.11. The number of hydrogen-bond acceptors (Lipinski definition) is 2. The summed E-state index contributed by atoms with van der Waals surface area (Å²) in [5.74, 6) is -1.37. The summed E-state index contributed by atoms with van der Waals surface area (Å²) < 4.78 is 0. The van der Waals surface area contributed by atoms with Crippen LogP contribution in [0.15, 0.2) is 24.3 Å². The van der Waals surface area contributed by atoms with Crippen LogP contribution in [0.2, 0.25) is 0 Å². The largest absolute Gasteiger partial charge is 0.481 e. The van der Waals surface area contributed by atoms with E-state index in [0.29, 0.717) is 13.0 Å². The third kappa shape index (κ3) is 3.23. The van der Waals surface area contributed by atoms with E-state index >= 15 is 0 Å². The van der Waals surface area contributed by atoms with Gasteiger partial charge in [0.15, 0.2) is 0 Å². The second kappa shape index (κ2) is 6.07. The number of fused-ring (bicyclic) bond motifs is 1. The molecule has 0 saturated heterocycles. The Balaban J connectivity index is 1.81. The van der Waals surface area contributed by atoms with Crippen LogP contribution in [-0.2, 0) is 16.0 Å². The highest BCUT2D eigenvalue weighted by molar-refractivity contribution is 5.90. The first-order valence-corrected chi connectivity index (χ1v) is 8.06. The minimum absolute atomic E-state index is 0.0217. The zero-order valence-electron chi connectivity index (χ0n) is 13.5. The fraction of sp³-hybridized carbons (Fsp3) is 0.444. The molecule has 0 bridgehead atoms. The first-order chi connectivity index (χ1) is 11.0. The van der Waals surface area contributed by atoms with Gasteiger partial charge in [-0.25, -0.2) is 0 Å². The maximum absolute atomic E-state index is 12.8. The number of aliphatic carboxylic acids is 1. The van der Waals surface area contributed by atoms with Crippen molar-refractivity contribution in [3.8, 4) is 0 Å². The molecule has 0 aliphatic heterocycles. The van der Waals surface area contributed by atoms with Crippen molar-refractivity contribution in [1.29, 1.82) is 0 Å². The molecule has 2 aromatic rings. The molecule has 23 heavy (non-hydrogen) atoms. The van der Waals surface area contributed by atoms with Gasteiger partial charge >= 0.3 is 5.97 Å². The van der Waals surface area contributed by atoms with E-state index in [1.165, 1.54) is 0 Å². The number of aromatic amines is 1. The number of amides is 1. The second-order valence-corrected chi connectivity index (χ2v) is 6.47. The van der Waals surface area contributed by atoms with Gasteiger partial charge < -0.3 is 15.0 Å². The molecular weight excluding hydrogens is 292 g/mol. The molecule has 1 unspecified atom stereocenters. The van der Waals surface area contributed by atoms with E-state index in [0.717, 1.165) is 35.0 Å². The summed E-state index contributed by atoms with van der Waals surface area (Å²) >= 11 is 0. The van der Waals surface area contributed by atoms with Gasteiger partial charge in [-0.3, -0.25) is 9.59 Å². The molecule has 5 heteroatoms. The van der Waals surface area contributed by atoms with Crippen LogP contribution in [-0.4, -0.2) is 39.5 Å². The number of nitrogens with one attached hydrogen (secondary N) is 1. The fourth-order valence-electron chi connectivity index (χ4n) is 3.03. The predicted molar refractivity (Wildman–Crippen MR) is 88.3 cm³/mol. The molecule has 0 spiro atoms. The number of aryl methyl sites for hydroxylation is 1. The Hall–Kier alpha value is -2.30. The molecule has 2 N–H and O–H groups in total. The Labute approximate surface area is 135 Å². The molecular formula is C18H22N2O3. The molecule has 0 radical (unpaired) electrons. The number of hydrogen-bond donors (Lipinski definition) is 2. The van der Waals surface area contributed by atoms with E-state index in [2.05, 4.69) is 4.98 Å². The SMILES string of the molecule is Cc1[nH]c2ccccc2c1CC(=O)N(CC(C)C(=O)O)C1CC1. The van der Waals surface area contributed by atoms with Gasteiger partial charge in [-0.1, -0.05) is 25.1 Å². The molecule has 1 atom stereocenters. The van der Waals surface area contributed by atoms with Crippen LogP contribution in [0.5, 0.6) is 0 Å². The van der Waals surface area contributed by atoms with Gasteiger partial charge in [-0.05, 0) is 31.4 Å². The van der Waals surface area contributed by atoms with E-state index in [4.69, 9.17) is 5.11 Å². The van der Waals surface area contributed by atoms with Gasteiger partial charge in [0.1, 0.15) is 0 Å². The normalized spacial score (nSPS) is 15.6. The maximum atomic E-state index is 12.8. The van der Waals surface area contributed by atoms with Gasteiger partial charge in [0.25, 0.3) is 0 Å². The number of rotatable bonds is 6. The average molecular weight is 314 g/mol. The van der Waals surface area contributed by atoms with Crippen LogP contribution in [0.4, 0.5) is 0 Å². The third-order valence-electron chi connectivity index (χ3n) is 4.56. The summed E-state index contributed by atoms with van der Waals surface area (Å²) in [4.78, 5) is 28.9. The highest BCUT2D eigenvalue weighted by Crippen LogP contribution is 2.29. The standard InChI is InChI=1S/C18H22N2O3/c1-11(18(22)23)10-20(13-7-8-13)17(21)9-15-12(2)19-16-6-4-3-5-14(15)16/h3-6,11,13,19H,7-10H2,1-2H3,(H,22,23). The Morgan fingerprint density at radius 2 is 2.04 bits per heavy atom. The minimum atomic E-state index is -0.855. The molecule has 1 amide bonds. The fourth-order valence-corrected chi connectivity index (χ4v) is 3.03. The van der Waals surface area contributed by atoms with Crippen LogP contribution in [0.3, 0.4) is 0 Å². The molecule has 5 nitrogen and oxygen atoms in total. The molecule has 1 heterocycles. The zero-order chi connectivity index (χ0) is 16.6. The number of carbonyl (C=O) groups is 2. The number of carboxylic acid groups (broad SMARTS) is 1. The number of nitrogens with zero attached hydrogens (tertiary/aromatic N) is 1. The zero-order valence-corrected chi connectivity index (χ0v) is 13.5. The number of aromatic nitrogens is 1. The van der Waals surface area contributed by atoms with Crippen molar-refractivity contribution in [2.75, 3.05) is 6.54 Å². The van der Waals surface area contributed by atoms with Crippen LogP contribution in [0.1, 0.15) is 31.0 Å². The lowest BCUT2D eigenvalue weighted by molar-refractivity contribution is -0.143. The number of carbonyl (C=O) groups excluding carboxylic acids is 1. The lowest BCUT2D eigenvalue weighted by Gasteiger charge is -2.24. The first kappa shape index (κ1) is 15.6. The summed E-state index contributed by atoms with van der Waals surface area (Å²) in [5, 5.41) is 10.2. The predicted octanol–water partition coefficient (Wildman–Crippen LogP) is 2.73. The van der Waals surface area contributed by atoms with Gasteiger partial charge in [-0.15, -0.1) is 0 Å².